The van der Waals surface area contributed by atoms with Crippen molar-refractivity contribution in [1.82, 2.24) is 24.3 Å². The monoisotopic (exact) mass is 530 g/mol. The molecule has 0 amide bonds. The van der Waals surface area contributed by atoms with Crippen LogP contribution in [0.4, 0.5) is 17.5 Å². The van der Waals surface area contributed by atoms with E-state index in [0.29, 0.717) is 17.5 Å². The molecule has 10 nitrogen and oxygen atoms in total. The van der Waals surface area contributed by atoms with Crippen LogP contribution in [0.1, 0.15) is 12.8 Å². The Morgan fingerprint density at radius 3 is 2.26 bits per heavy atom. The van der Waals surface area contributed by atoms with E-state index in [1.54, 1.807) is 30.6 Å². The Morgan fingerprint density at radius 1 is 1.00 bits per heavy atom. The fourth-order valence-corrected chi connectivity index (χ4v) is 5.28. The quantitative estimate of drug-likeness (QED) is 0.349. The van der Waals surface area contributed by atoms with Gasteiger partial charge in [0, 0.05) is 50.3 Å². The van der Waals surface area contributed by atoms with E-state index < -0.39 is 10.0 Å². The lowest BCUT2D eigenvalue weighted by molar-refractivity contribution is 0.249. The highest BCUT2D eigenvalue weighted by molar-refractivity contribution is 7.92. The molecule has 196 valence electrons. The third-order valence-electron chi connectivity index (χ3n) is 7.13. The van der Waals surface area contributed by atoms with Crippen molar-refractivity contribution >= 4 is 33.1 Å². The van der Waals surface area contributed by atoms with Crippen molar-refractivity contribution in [2.45, 2.75) is 18.9 Å². The van der Waals surface area contributed by atoms with Crippen LogP contribution in [0.25, 0.3) is 32.9 Å². The van der Waals surface area contributed by atoms with Crippen LogP contribution >= 0.6 is 0 Å². The van der Waals surface area contributed by atoms with Gasteiger partial charge in [-0.3, -0.25) is 8.71 Å². The predicted octanol–water partition coefficient (Wildman–Crippen LogP) is 3.94. The molecule has 0 bridgehead atoms. The van der Waals surface area contributed by atoms with Crippen LogP contribution in [0, 0.1) is 6.57 Å². The van der Waals surface area contributed by atoms with Crippen LogP contribution in [0.5, 0.6) is 0 Å². The molecule has 1 saturated heterocycles. The number of piperidine rings is 1. The number of pyridine rings is 1. The van der Waals surface area contributed by atoms with Gasteiger partial charge in [0.2, 0.25) is 16.0 Å². The van der Waals surface area contributed by atoms with Gasteiger partial charge in [-0.25, -0.2) is 28.2 Å². The van der Waals surface area contributed by atoms with E-state index in [1.165, 1.54) is 7.05 Å². The SMILES string of the molecule is [C-]#[N+]c1ccc(-c2nc(N3CCC(N(C)C)CC3)n3ccnc3c2-c2ccc(N(C)S(C)(=O)=O)nc2)cc1. The highest BCUT2D eigenvalue weighted by atomic mass is 32.2. The van der Waals surface area contributed by atoms with Gasteiger partial charge in [0.1, 0.15) is 11.5 Å². The molecule has 38 heavy (non-hydrogen) atoms. The molecule has 0 N–H and O–H groups in total. The smallest absolute Gasteiger partial charge is 0.233 e. The molecule has 5 rings (SSSR count). The number of anilines is 2. The molecule has 1 aliphatic heterocycles. The van der Waals surface area contributed by atoms with Crippen molar-refractivity contribution in [3.8, 4) is 22.4 Å². The fraction of sp³-hybridized carbons (Fsp3) is 0.333. The van der Waals surface area contributed by atoms with Gasteiger partial charge >= 0.3 is 0 Å². The summed E-state index contributed by atoms with van der Waals surface area (Å²) < 4.78 is 27.2. The summed E-state index contributed by atoms with van der Waals surface area (Å²) in [5.41, 5.74) is 4.44. The fourth-order valence-electron chi connectivity index (χ4n) is 4.83. The molecule has 3 aromatic heterocycles. The highest BCUT2D eigenvalue weighted by Crippen LogP contribution is 2.37. The van der Waals surface area contributed by atoms with E-state index >= 15 is 0 Å². The third kappa shape index (κ3) is 4.80. The molecule has 1 aromatic carbocycles. The topological polar surface area (TPSA) is 91.3 Å². The number of fused-ring (bicyclic) bond motifs is 1. The van der Waals surface area contributed by atoms with Gasteiger partial charge < -0.3 is 9.80 Å². The molecule has 0 spiro atoms. The van der Waals surface area contributed by atoms with Gasteiger partial charge in [-0.2, -0.15) is 0 Å². The minimum absolute atomic E-state index is 0.326. The zero-order chi connectivity index (χ0) is 27.0. The first-order chi connectivity index (χ1) is 18.2. The highest BCUT2D eigenvalue weighted by Gasteiger charge is 2.26. The molecule has 1 fully saturated rings. The van der Waals surface area contributed by atoms with Crippen LogP contribution in [0.15, 0.2) is 55.0 Å². The van der Waals surface area contributed by atoms with E-state index in [1.807, 2.05) is 28.8 Å². The number of imidazole rings is 1. The minimum atomic E-state index is -3.44. The largest absolute Gasteiger partial charge is 0.342 e. The zero-order valence-corrected chi connectivity index (χ0v) is 22.7. The average Bonchev–Trinajstić information content (AvgIpc) is 3.41. The van der Waals surface area contributed by atoms with Crippen LogP contribution in [0.3, 0.4) is 0 Å². The van der Waals surface area contributed by atoms with E-state index in [2.05, 4.69) is 33.7 Å². The maximum atomic E-state index is 12.0. The van der Waals surface area contributed by atoms with Crippen molar-refractivity contribution in [1.29, 1.82) is 0 Å². The van der Waals surface area contributed by atoms with Crippen molar-refractivity contribution in [2.24, 2.45) is 0 Å². The van der Waals surface area contributed by atoms with Gasteiger partial charge in [-0.05, 0) is 44.6 Å². The number of benzene rings is 1. The first kappa shape index (κ1) is 25.6. The number of hydrogen-bond donors (Lipinski definition) is 0. The molecule has 0 aliphatic carbocycles. The Bertz CT molecular complexity index is 1600. The second-order valence-electron chi connectivity index (χ2n) is 9.73. The molecule has 0 unspecified atom stereocenters. The lowest BCUT2D eigenvalue weighted by Crippen LogP contribution is -2.43. The molecule has 4 aromatic rings. The lowest BCUT2D eigenvalue weighted by atomic mass is 10.0. The third-order valence-corrected chi connectivity index (χ3v) is 8.31. The molecule has 0 radical (unpaired) electrons. The van der Waals surface area contributed by atoms with Crippen molar-refractivity contribution in [2.75, 3.05) is 49.7 Å². The summed E-state index contributed by atoms with van der Waals surface area (Å²) >= 11 is 0. The van der Waals surface area contributed by atoms with Crippen molar-refractivity contribution < 1.29 is 8.42 Å². The van der Waals surface area contributed by atoms with Crippen LogP contribution in [0.2, 0.25) is 0 Å². The molecule has 0 atom stereocenters. The van der Waals surface area contributed by atoms with Crippen LogP contribution < -0.4 is 9.21 Å². The normalized spacial score (nSPS) is 14.7. The first-order valence-electron chi connectivity index (χ1n) is 12.3. The summed E-state index contributed by atoms with van der Waals surface area (Å²) in [4.78, 5) is 22.5. The van der Waals surface area contributed by atoms with Crippen LogP contribution in [-0.4, -0.2) is 79.2 Å². The number of nitrogens with zero attached hydrogens (tertiary/aromatic N) is 8. The Hall–Kier alpha value is -4.01. The van der Waals surface area contributed by atoms with Gasteiger partial charge in [0.15, 0.2) is 5.69 Å². The van der Waals surface area contributed by atoms with Crippen molar-refractivity contribution in [3.63, 3.8) is 0 Å². The average molecular weight is 531 g/mol. The number of sulfonamides is 1. The summed E-state index contributed by atoms with van der Waals surface area (Å²) in [7, 11) is 2.29. The summed E-state index contributed by atoms with van der Waals surface area (Å²) in [6.07, 6.45) is 8.57. The maximum absolute atomic E-state index is 12.0. The van der Waals surface area contributed by atoms with E-state index in [9.17, 15) is 8.42 Å². The molecule has 4 heterocycles. The van der Waals surface area contributed by atoms with Crippen LogP contribution in [-0.2, 0) is 10.0 Å². The van der Waals surface area contributed by atoms with Gasteiger partial charge in [-0.15, -0.1) is 0 Å². The number of rotatable bonds is 6. The Morgan fingerprint density at radius 2 is 1.68 bits per heavy atom. The minimum Gasteiger partial charge on any atom is -0.342 e. The van der Waals surface area contributed by atoms with E-state index in [0.717, 1.165) is 70.5 Å². The summed E-state index contributed by atoms with van der Waals surface area (Å²) in [6, 6.07) is 11.4. The Labute approximate surface area is 223 Å². The lowest BCUT2D eigenvalue weighted by Gasteiger charge is -2.36. The van der Waals surface area contributed by atoms with Gasteiger partial charge in [-0.1, -0.05) is 24.3 Å². The Kier molecular flexibility index (Phi) is 6.77. The van der Waals surface area contributed by atoms with E-state index in [-0.39, 0.29) is 0 Å². The molecule has 11 heteroatoms. The number of aromatic nitrogens is 4. The Balaban J connectivity index is 1.66. The maximum Gasteiger partial charge on any atom is 0.233 e. The number of hydrogen-bond acceptors (Lipinski definition) is 7. The standard InChI is InChI=1S/C27H30N8O2S/c1-28-21-9-6-19(7-10-21)25-24(20-8-11-23(30-18-20)33(4)38(5,36)37)26-29-14-17-35(26)27(31-25)34-15-12-22(13-16-34)32(2)3/h6-11,14,17-18,22H,12-13,15-16H2,2-5H3. The first-order valence-corrected chi connectivity index (χ1v) is 14.2. The summed E-state index contributed by atoms with van der Waals surface area (Å²) in [5, 5.41) is 0. The second-order valence-corrected chi connectivity index (χ2v) is 11.7. The molecular weight excluding hydrogens is 500 g/mol. The van der Waals surface area contributed by atoms with Crippen molar-refractivity contribution in [3.05, 3.63) is 66.4 Å². The molecule has 0 saturated carbocycles. The zero-order valence-electron chi connectivity index (χ0n) is 21.9. The second kappa shape index (κ2) is 10.0. The molecular formula is C27H30N8O2S. The van der Waals surface area contributed by atoms with Gasteiger partial charge in [0.25, 0.3) is 0 Å². The summed E-state index contributed by atoms with van der Waals surface area (Å²) in [5.74, 6) is 1.15. The van der Waals surface area contributed by atoms with Gasteiger partial charge in [0.05, 0.1) is 24.1 Å². The predicted molar refractivity (Wildman–Crippen MR) is 150 cm³/mol. The van der Waals surface area contributed by atoms with E-state index in [4.69, 9.17) is 16.5 Å². The molecule has 1 aliphatic rings. The summed E-state index contributed by atoms with van der Waals surface area (Å²) in [6.45, 7) is 9.09.